The van der Waals surface area contributed by atoms with Gasteiger partial charge in [0.25, 0.3) is 0 Å². The predicted octanol–water partition coefficient (Wildman–Crippen LogP) is 3.04. The monoisotopic (exact) mass is 431 g/mol. The number of benzene rings is 1. The number of aromatic nitrogens is 2. The lowest BCUT2D eigenvalue weighted by molar-refractivity contribution is -0.133. The lowest BCUT2D eigenvalue weighted by Crippen LogP contribution is -2.57. The minimum absolute atomic E-state index is 0.00305. The van der Waals surface area contributed by atoms with Gasteiger partial charge in [0.05, 0.1) is 11.7 Å². The van der Waals surface area contributed by atoms with Gasteiger partial charge in [0.1, 0.15) is 12.1 Å². The number of halogens is 1. The molecule has 3 atom stereocenters. The van der Waals surface area contributed by atoms with Crippen molar-refractivity contribution >= 4 is 35.1 Å². The lowest BCUT2D eigenvalue weighted by atomic mass is 10.0. The predicted molar refractivity (Wildman–Crippen MR) is 118 cm³/mol. The van der Waals surface area contributed by atoms with Gasteiger partial charge in [-0.1, -0.05) is 23.7 Å². The van der Waals surface area contributed by atoms with E-state index in [1.165, 1.54) is 5.56 Å². The molecular formula is C21H26ClN5OS. The number of fused-ring (bicyclic) bond motifs is 1. The van der Waals surface area contributed by atoms with Crippen molar-refractivity contribution in [3.8, 4) is 0 Å². The van der Waals surface area contributed by atoms with Gasteiger partial charge in [0.15, 0.2) is 0 Å². The lowest BCUT2D eigenvalue weighted by Gasteiger charge is -2.42. The van der Waals surface area contributed by atoms with Crippen molar-refractivity contribution in [2.24, 2.45) is 5.73 Å². The number of nitrogens with zero attached hydrogens (tertiary/aromatic N) is 4. The summed E-state index contributed by atoms with van der Waals surface area (Å²) >= 11 is 7.83. The molecule has 0 bridgehead atoms. The SMILES string of the molecule is CC1CN(C(=O)[C@H](N)Cc2ccc(Cl)cc2)CCN1c1ncnc2c1[C@H](C)SC2. The van der Waals surface area contributed by atoms with Crippen LogP contribution in [0.1, 0.15) is 35.9 Å². The van der Waals surface area contributed by atoms with Crippen molar-refractivity contribution in [2.45, 2.75) is 43.4 Å². The Morgan fingerprint density at radius 3 is 2.76 bits per heavy atom. The summed E-state index contributed by atoms with van der Waals surface area (Å²) in [5, 5.41) is 1.09. The van der Waals surface area contributed by atoms with Crippen molar-refractivity contribution in [3.05, 3.63) is 52.4 Å². The second kappa shape index (κ2) is 8.50. The maximum atomic E-state index is 12.9. The van der Waals surface area contributed by atoms with Crippen molar-refractivity contribution in [3.63, 3.8) is 0 Å². The van der Waals surface area contributed by atoms with E-state index >= 15 is 0 Å². The zero-order valence-corrected chi connectivity index (χ0v) is 18.3. The molecule has 1 unspecified atom stereocenters. The highest BCUT2D eigenvalue weighted by Gasteiger charge is 2.34. The van der Waals surface area contributed by atoms with Gasteiger partial charge in [-0.2, -0.15) is 0 Å². The van der Waals surface area contributed by atoms with Crippen molar-refractivity contribution in [2.75, 3.05) is 24.5 Å². The highest BCUT2D eigenvalue weighted by molar-refractivity contribution is 7.99. The first kappa shape index (κ1) is 20.4. The number of piperazine rings is 1. The van der Waals surface area contributed by atoms with E-state index in [2.05, 4.69) is 28.7 Å². The molecule has 3 heterocycles. The molecule has 4 rings (SSSR count). The molecule has 2 aromatic rings. The zero-order chi connectivity index (χ0) is 20.5. The largest absolute Gasteiger partial charge is 0.350 e. The van der Waals surface area contributed by atoms with Crippen LogP contribution in [0.2, 0.25) is 5.02 Å². The summed E-state index contributed by atoms with van der Waals surface area (Å²) in [6.07, 6.45) is 2.18. The van der Waals surface area contributed by atoms with E-state index in [9.17, 15) is 4.79 Å². The fourth-order valence-electron chi connectivity index (χ4n) is 4.14. The third-order valence-corrected chi connectivity index (χ3v) is 7.15. The molecule has 1 amide bonds. The van der Waals surface area contributed by atoms with Crippen molar-refractivity contribution in [1.29, 1.82) is 0 Å². The average Bonchev–Trinajstić information content (AvgIpc) is 3.10. The zero-order valence-electron chi connectivity index (χ0n) is 16.7. The molecule has 154 valence electrons. The molecule has 1 aromatic heterocycles. The molecule has 1 fully saturated rings. The van der Waals surface area contributed by atoms with Crippen molar-refractivity contribution < 1.29 is 4.79 Å². The summed E-state index contributed by atoms with van der Waals surface area (Å²) in [6, 6.07) is 7.13. The van der Waals surface area contributed by atoms with E-state index in [1.54, 1.807) is 6.33 Å². The number of hydrogen-bond donors (Lipinski definition) is 1. The number of carbonyl (C=O) groups is 1. The van der Waals surface area contributed by atoms with Crippen LogP contribution in [0.25, 0.3) is 0 Å². The third-order valence-electron chi connectivity index (χ3n) is 5.72. The van der Waals surface area contributed by atoms with E-state index in [0.29, 0.717) is 29.8 Å². The molecule has 8 heteroatoms. The fraction of sp³-hybridized carbons (Fsp3) is 0.476. The molecule has 0 radical (unpaired) electrons. The molecule has 2 N–H and O–H groups in total. The van der Waals surface area contributed by atoms with Gasteiger partial charge in [0, 0.05) is 47.3 Å². The Labute approximate surface area is 180 Å². The van der Waals surface area contributed by atoms with Crippen LogP contribution < -0.4 is 10.6 Å². The quantitative estimate of drug-likeness (QED) is 0.801. The number of anilines is 1. The summed E-state index contributed by atoms with van der Waals surface area (Å²) in [5.41, 5.74) is 9.65. The molecule has 2 aliphatic heterocycles. The minimum atomic E-state index is -0.547. The Morgan fingerprint density at radius 1 is 1.28 bits per heavy atom. The smallest absolute Gasteiger partial charge is 0.239 e. The number of thioether (sulfide) groups is 1. The first-order chi connectivity index (χ1) is 13.9. The van der Waals surface area contributed by atoms with E-state index < -0.39 is 6.04 Å². The standard InChI is InChI=1S/C21H26ClN5OS/c1-13-10-26(21(28)17(23)9-15-3-5-16(22)6-4-15)7-8-27(13)20-19-14(2)29-11-18(19)24-12-25-20/h3-6,12-14,17H,7-11,23H2,1-2H3/t13?,14-,17+/m0/s1. The summed E-state index contributed by atoms with van der Waals surface area (Å²) < 4.78 is 0. The highest BCUT2D eigenvalue weighted by atomic mass is 35.5. The molecule has 6 nitrogen and oxygen atoms in total. The van der Waals surface area contributed by atoms with Gasteiger partial charge >= 0.3 is 0 Å². The molecule has 1 saturated heterocycles. The Kier molecular flexibility index (Phi) is 5.99. The molecule has 1 aromatic carbocycles. The summed E-state index contributed by atoms with van der Waals surface area (Å²) in [4.78, 5) is 26.2. The number of hydrogen-bond acceptors (Lipinski definition) is 6. The first-order valence-electron chi connectivity index (χ1n) is 9.95. The van der Waals surface area contributed by atoms with Crippen LogP contribution >= 0.6 is 23.4 Å². The maximum Gasteiger partial charge on any atom is 0.239 e. The molecule has 0 aliphatic carbocycles. The Morgan fingerprint density at radius 2 is 2.03 bits per heavy atom. The van der Waals surface area contributed by atoms with E-state index in [1.807, 2.05) is 40.9 Å². The fourth-order valence-corrected chi connectivity index (χ4v) is 5.31. The van der Waals surface area contributed by atoms with Crippen LogP contribution in [0, 0.1) is 0 Å². The molecule has 29 heavy (non-hydrogen) atoms. The summed E-state index contributed by atoms with van der Waals surface area (Å²) in [6.45, 7) is 6.40. The van der Waals surface area contributed by atoms with Gasteiger partial charge < -0.3 is 15.5 Å². The van der Waals surface area contributed by atoms with Gasteiger partial charge in [-0.15, -0.1) is 11.8 Å². The second-order valence-corrected chi connectivity index (χ2v) is 9.54. The summed E-state index contributed by atoms with van der Waals surface area (Å²) in [5.74, 6) is 1.97. The average molecular weight is 432 g/mol. The highest BCUT2D eigenvalue weighted by Crippen LogP contribution is 2.44. The van der Waals surface area contributed by atoms with Gasteiger partial charge in [0.2, 0.25) is 5.91 Å². The number of rotatable bonds is 4. The second-order valence-electron chi connectivity index (χ2n) is 7.77. The van der Waals surface area contributed by atoms with Crippen LogP contribution in [0.5, 0.6) is 0 Å². The van der Waals surface area contributed by atoms with Crippen LogP contribution in [-0.4, -0.2) is 52.5 Å². The number of carbonyl (C=O) groups excluding carboxylic acids is 1. The van der Waals surface area contributed by atoms with Crippen LogP contribution in [0.4, 0.5) is 5.82 Å². The van der Waals surface area contributed by atoms with Crippen LogP contribution in [0.3, 0.4) is 0 Å². The van der Waals surface area contributed by atoms with E-state index in [-0.39, 0.29) is 11.9 Å². The van der Waals surface area contributed by atoms with Crippen LogP contribution in [0.15, 0.2) is 30.6 Å². The first-order valence-corrected chi connectivity index (χ1v) is 11.4. The van der Waals surface area contributed by atoms with E-state index in [4.69, 9.17) is 17.3 Å². The topological polar surface area (TPSA) is 75.3 Å². The van der Waals surface area contributed by atoms with Gasteiger partial charge in [-0.25, -0.2) is 9.97 Å². The Bertz CT molecular complexity index is 893. The molecule has 0 saturated carbocycles. The molecular weight excluding hydrogens is 406 g/mol. The number of nitrogens with two attached hydrogens (primary N) is 1. The van der Waals surface area contributed by atoms with Crippen LogP contribution in [-0.2, 0) is 17.0 Å². The third kappa shape index (κ3) is 4.22. The molecule has 0 spiro atoms. The van der Waals surface area contributed by atoms with Gasteiger partial charge in [-0.3, -0.25) is 4.79 Å². The normalized spacial score (nSPS) is 22.5. The molecule has 2 aliphatic rings. The van der Waals surface area contributed by atoms with Crippen molar-refractivity contribution in [1.82, 2.24) is 14.9 Å². The Hall–Kier alpha value is -1.83. The van der Waals surface area contributed by atoms with Gasteiger partial charge in [-0.05, 0) is 38.0 Å². The maximum absolute atomic E-state index is 12.9. The minimum Gasteiger partial charge on any atom is -0.350 e. The summed E-state index contributed by atoms with van der Waals surface area (Å²) in [7, 11) is 0. The number of amides is 1. The van der Waals surface area contributed by atoms with E-state index in [0.717, 1.165) is 29.4 Å². The Balaban J connectivity index is 1.42.